The molecule has 3 heteroatoms. The first-order valence-corrected chi connectivity index (χ1v) is 6.20. The molecule has 3 nitrogen and oxygen atoms in total. The van der Waals surface area contributed by atoms with Crippen LogP contribution in [0.3, 0.4) is 0 Å². The van der Waals surface area contributed by atoms with E-state index in [2.05, 4.69) is 12.2 Å². The first-order chi connectivity index (χ1) is 7.79. The summed E-state index contributed by atoms with van der Waals surface area (Å²) in [6.45, 7) is 2.40. The van der Waals surface area contributed by atoms with Crippen molar-refractivity contribution in [1.29, 1.82) is 0 Å². The van der Waals surface area contributed by atoms with Crippen molar-refractivity contribution in [1.82, 2.24) is 5.32 Å². The van der Waals surface area contributed by atoms with Crippen LogP contribution in [0.1, 0.15) is 44.4 Å². The summed E-state index contributed by atoms with van der Waals surface area (Å²) in [7, 11) is 0. The maximum atomic E-state index is 9.37. The fourth-order valence-electron chi connectivity index (χ4n) is 2.58. The molecule has 0 spiro atoms. The fourth-order valence-corrected chi connectivity index (χ4v) is 2.58. The fraction of sp³-hybridized carbons (Fsp3) is 0.692. The molecule has 90 valence electrons. The zero-order valence-corrected chi connectivity index (χ0v) is 9.86. The van der Waals surface area contributed by atoms with Gasteiger partial charge in [-0.2, -0.15) is 0 Å². The summed E-state index contributed by atoms with van der Waals surface area (Å²) in [4.78, 5) is 0. The second-order valence-electron chi connectivity index (χ2n) is 4.89. The van der Waals surface area contributed by atoms with Crippen LogP contribution in [0.5, 0.6) is 0 Å². The van der Waals surface area contributed by atoms with Gasteiger partial charge in [-0.25, -0.2) is 0 Å². The number of nitrogens with one attached hydrogen (secondary N) is 1. The largest absolute Gasteiger partial charge is 0.468 e. The second kappa shape index (κ2) is 5.51. The number of rotatable bonds is 4. The minimum atomic E-state index is -0.0506. The Morgan fingerprint density at radius 1 is 1.56 bits per heavy atom. The van der Waals surface area contributed by atoms with E-state index < -0.39 is 0 Å². The van der Waals surface area contributed by atoms with Gasteiger partial charge >= 0.3 is 0 Å². The minimum Gasteiger partial charge on any atom is -0.468 e. The molecule has 3 unspecified atom stereocenters. The molecule has 0 bridgehead atoms. The monoisotopic (exact) mass is 223 g/mol. The Balaban J connectivity index is 1.91. The number of hydrogen-bond acceptors (Lipinski definition) is 3. The molecule has 3 atom stereocenters. The van der Waals surface area contributed by atoms with Crippen LogP contribution in [0, 0.1) is 5.92 Å². The first-order valence-electron chi connectivity index (χ1n) is 6.20. The van der Waals surface area contributed by atoms with Crippen LogP contribution in [-0.2, 0) is 0 Å². The van der Waals surface area contributed by atoms with Crippen LogP contribution in [-0.4, -0.2) is 17.8 Å². The summed E-state index contributed by atoms with van der Waals surface area (Å²) in [6, 6.07) is 4.25. The van der Waals surface area contributed by atoms with E-state index >= 15 is 0 Å². The summed E-state index contributed by atoms with van der Waals surface area (Å²) in [6.07, 6.45) is 6.69. The molecule has 16 heavy (non-hydrogen) atoms. The Kier molecular flexibility index (Phi) is 4.02. The molecule has 1 aliphatic carbocycles. The van der Waals surface area contributed by atoms with Gasteiger partial charge in [-0.3, -0.25) is 0 Å². The number of aliphatic hydroxyl groups excluding tert-OH is 1. The van der Waals surface area contributed by atoms with Gasteiger partial charge in [0, 0.05) is 6.04 Å². The second-order valence-corrected chi connectivity index (χ2v) is 4.89. The number of aliphatic hydroxyl groups is 1. The predicted molar refractivity (Wildman–Crippen MR) is 63.1 cm³/mol. The van der Waals surface area contributed by atoms with Crippen molar-refractivity contribution in [3.63, 3.8) is 0 Å². The van der Waals surface area contributed by atoms with E-state index in [4.69, 9.17) is 4.42 Å². The molecule has 0 aliphatic heterocycles. The Morgan fingerprint density at radius 3 is 3.06 bits per heavy atom. The van der Waals surface area contributed by atoms with Crippen LogP contribution >= 0.6 is 0 Å². The highest BCUT2D eigenvalue weighted by Gasteiger charge is 2.23. The lowest BCUT2D eigenvalue weighted by atomic mass is 9.86. The highest BCUT2D eigenvalue weighted by Crippen LogP contribution is 2.25. The molecular weight excluding hydrogens is 202 g/mol. The van der Waals surface area contributed by atoms with E-state index in [1.807, 2.05) is 12.1 Å². The average molecular weight is 223 g/mol. The minimum absolute atomic E-state index is 0.0506. The predicted octanol–water partition coefficient (Wildman–Crippen LogP) is 2.48. The van der Waals surface area contributed by atoms with Crippen molar-refractivity contribution < 1.29 is 9.52 Å². The van der Waals surface area contributed by atoms with Gasteiger partial charge < -0.3 is 14.8 Å². The normalized spacial score (nSPS) is 27.9. The summed E-state index contributed by atoms with van der Waals surface area (Å²) in [5, 5.41) is 12.9. The van der Waals surface area contributed by atoms with Gasteiger partial charge in [0.05, 0.1) is 18.9 Å². The van der Waals surface area contributed by atoms with Crippen LogP contribution in [0.25, 0.3) is 0 Å². The molecule has 1 aliphatic rings. The summed E-state index contributed by atoms with van der Waals surface area (Å²) < 4.78 is 5.33. The molecule has 2 N–H and O–H groups in total. The molecule has 1 fully saturated rings. The lowest BCUT2D eigenvalue weighted by molar-refractivity contribution is 0.193. The topological polar surface area (TPSA) is 45.4 Å². The Morgan fingerprint density at radius 2 is 2.44 bits per heavy atom. The third kappa shape index (κ3) is 2.86. The lowest BCUT2D eigenvalue weighted by Crippen LogP contribution is -2.37. The third-order valence-electron chi connectivity index (χ3n) is 3.44. The van der Waals surface area contributed by atoms with Gasteiger partial charge in [-0.15, -0.1) is 0 Å². The van der Waals surface area contributed by atoms with Crippen molar-refractivity contribution in [2.24, 2.45) is 5.92 Å². The molecule has 1 aromatic rings. The van der Waals surface area contributed by atoms with Gasteiger partial charge in [-0.05, 0) is 30.9 Å². The van der Waals surface area contributed by atoms with Crippen molar-refractivity contribution in [3.05, 3.63) is 24.2 Å². The molecule has 1 saturated carbocycles. The van der Waals surface area contributed by atoms with Crippen molar-refractivity contribution in [3.8, 4) is 0 Å². The Bertz CT molecular complexity index is 297. The maximum Gasteiger partial charge on any atom is 0.123 e. The van der Waals surface area contributed by atoms with E-state index in [0.29, 0.717) is 6.04 Å². The van der Waals surface area contributed by atoms with Crippen LogP contribution < -0.4 is 5.32 Å². The first kappa shape index (κ1) is 11.7. The van der Waals surface area contributed by atoms with Gasteiger partial charge in [-0.1, -0.05) is 19.8 Å². The van der Waals surface area contributed by atoms with Crippen LogP contribution in [0.15, 0.2) is 22.8 Å². The highest BCUT2D eigenvalue weighted by atomic mass is 16.3. The van der Waals surface area contributed by atoms with E-state index in [-0.39, 0.29) is 12.6 Å². The van der Waals surface area contributed by atoms with Gasteiger partial charge in [0.25, 0.3) is 0 Å². The SMILES string of the molecule is CC1CCCC(NC(CO)c2ccco2)C1. The third-order valence-corrected chi connectivity index (χ3v) is 3.44. The maximum absolute atomic E-state index is 9.37. The lowest BCUT2D eigenvalue weighted by Gasteiger charge is -2.30. The van der Waals surface area contributed by atoms with E-state index in [1.165, 1.54) is 25.7 Å². The molecular formula is C13H21NO2. The quantitative estimate of drug-likeness (QED) is 0.824. The van der Waals surface area contributed by atoms with Gasteiger partial charge in [0.15, 0.2) is 0 Å². The van der Waals surface area contributed by atoms with Crippen LogP contribution in [0.2, 0.25) is 0 Å². The zero-order chi connectivity index (χ0) is 11.4. The molecule has 0 aromatic carbocycles. The molecule has 1 aromatic heterocycles. The molecule has 0 saturated heterocycles. The van der Waals surface area contributed by atoms with E-state index in [9.17, 15) is 5.11 Å². The molecule has 0 radical (unpaired) electrons. The van der Waals surface area contributed by atoms with Crippen molar-refractivity contribution in [2.45, 2.75) is 44.7 Å². The molecule has 0 amide bonds. The standard InChI is InChI=1S/C13H21NO2/c1-10-4-2-5-11(8-10)14-12(9-15)13-6-3-7-16-13/h3,6-7,10-12,14-15H,2,4-5,8-9H2,1H3. The van der Waals surface area contributed by atoms with Crippen molar-refractivity contribution >= 4 is 0 Å². The highest BCUT2D eigenvalue weighted by molar-refractivity contribution is 5.05. The smallest absolute Gasteiger partial charge is 0.123 e. The number of hydrogen-bond donors (Lipinski definition) is 2. The van der Waals surface area contributed by atoms with E-state index in [0.717, 1.165) is 11.7 Å². The summed E-state index contributed by atoms with van der Waals surface area (Å²) in [5.41, 5.74) is 0. The van der Waals surface area contributed by atoms with E-state index in [1.54, 1.807) is 6.26 Å². The molecule has 2 rings (SSSR count). The van der Waals surface area contributed by atoms with Crippen LogP contribution in [0.4, 0.5) is 0 Å². The van der Waals surface area contributed by atoms with Crippen molar-refractivity contribution in [2.75, 3.05) is 6.61 Å². The Hall–Kier alpha value is -0.800. The van der Waals surface area contributed by atoms with Gasteiger partial charge in [0.1, 0.15) is 5.76 Å². The summed E-state index contributed by atoms with van der Waals surface area (Å²) >= 11 is 0. The average Bonchev–Trinajstić information content (AvgIpc) is 2.79. The zero-order valence-electron chi connectivity index (χ0n) is 9.86. The molecule has 1 heterocycles. The summed E-state index contributed by atoms with van der Waals surface area (Å²) in [5.74, 6) is 1.63. The van der Waals surface area contributed by atoms with Gasteiger partial charge in [0.2, 0.25) is 0 Å². The Labute approximate surface area is 96.8 Å². The number of furan rings is 1.